The molecule has 19 heavy (non-hydrogen) atoms. The fourth-order valence-corrected chi connectivity index (χ4v) is 3.28. The van der Waals surface area contributed by atoms with Gasteiger partial charge in [0.05, 0.1) is 0 Å². The number of aliphatic hydroxyl groups is 1. The first-order valence-electron chi connectivity index (χ1n) is 7.62. The van der Waals surface area contributed by atoms with E-state index in [1.54, 1.807) is 0 Å². The molecule has 3 N–H and O–H groups in total. The van der Waals surface area contributed by atoms with E-state index in [2.05, 4.69) is 13.8 Å². The molecule has 0 radical (unpaired) electrons. The van der Waals surface area contributed by atoms with Crippen molar-refractivity contribution in [1.29, 1.82) is 0 Å². The van der Waals surface area contributed by atoms with E-state index < -0.39 is 6.10 Å². The standard InChI is InChI=1S/C16H27NO2/c1-3-12-7-9-16(11-17,10-8-12)15(18)14-6-5-13(4-2)19-14/h5-6,12,15,18H,3-4,7-11,17H2,1-2H3. The third-order valence-corrected chi connectivity index (χ3v) is 4.97. The normalized spacial score (nSPS) is 29.4. The van der Waals surface area contributed by atoms with Gasteiger partial charge in [-0.3, -0.25) is 0 Å². The zero-order valence-corrected chi connectivity index (χ0v) is 12.2. The van der Waals surface area contributed by atoms with Crippen LogP contribution in [0.1, 0.15) is 63.6 Å². The summed E-state index contributed by atoms with van der Waals surface area (Å²) in [4.78, 5) is 0. The largest absolute Gasteiger partial charge is 0.463 e. The summed E-state index contributed by atoms with van der Waals surface area (Å²) >= 11 is 0. The van der Waals surface area contributed by atoms with Crippen LogP contribution >= 0.6 is 0 Å². The van der Waals surface area contributed by atoms with Crippen molar-refractivity contribution in [2.24, 2.45) is 17.1 Å². The minimum absolute atomic E-state index is 0.186. The van der Waals surface area contributed by atoms with Crippen molar-refractivity contribution >= 4 is 0 Å². The van der Waals surface area contributed by atoms with Crippen molar-refractivity contribution < 1.29 is 9.52 Å². The zero-order valence-electron chi connectivity index (χ0n) is 12.2. The summed E-state index contributed by atoms with van der Waals surface area (Å²) in [7, 11) is 0. The van der Waals surface area contributed by atoms with Crippen molar-refractivity contribution in [2.45, 2.75) is 58.5 Å². The highest BCUT2D eigenvalue weighted by Crippen LogP contribution is 2.47. The van der Waals surface area contributed by atoms with Gasteiger partial charge in [0, 0.05) is 18.4 Å². The maximum atomic E-state index is 10.7. The van der Waals surface area contributed by atoms with Crippen LogP contribution in [0.2, 0.25) is 0 Å². The zero-order chi connectivity index (χ0) is 13.9. The second-order valence-corrected chi connectivity index (χ2v) is 5.98. The molecule has 0 aliphatic heterocycles. The Morgan fingerprint density at radius 2 is 2.05 bits per heavy atom. The van der Waals surface area contributed by atoms with Gasteiger partial charge < -0.3 is 15.3 Å². The minimum Gasteiger partial charge on any atom is -0.463 e. The van der Waals surface area contributed by atoms with Gasteiger partial charge >= 0.3 is 0 Å². The molecule has 3 nitrogen and oxygen atoms in total. The summed E-state index contributed by atoms with van der Waals surface area (Å²) in [6.07, 6.45) is 5.89. The Labute approximate surface area is 116 Å². The van der Waals surface area contributed by atoms with E-state index in [1.807, 2.05) is 12.1 Å². The molecule has 0 saturated heterocycles. The summed E-state index contributed by atoms with van der Waals surface area (Å²) in [5.74, 6) is 2.43. The number of rotatable bonds is 5. The van der Waals surface area contributed by atoms with E-state index in [4.69, 9.17) is 10.2 Å². The van der Waals surface area contributed by atoms with Crippen LogP contribution in [-0.2, 0) is 6.42 Å². The van der Waals surface area contributed by atoms with Gasteiger partial charge in [0.2, 0.25) is 0 Å². The van der Waals surface area contributed by atoms with Crippen molar-refractivity contribution in [3.63, 3.8) is 0 Å². The minimum atomic E-state index is -0.560. The van der Waals surface area contributed by atoms with Gasteiger partial charge in [-0.25, -0.2) is 0 Å². The smallest absolute Gasteiger partial charge is 0.133 e. The average molecular weight is 265 g/mol. The van der Waals surface area contributed by atoms with E-state index in [0.29, 0.717) is 12.3 Å². The number of aryl methyl sites for hydroxylation is 1. The molecule has 108 valence electrons. The van der Waals surface area contributed by atoms with Crippen LogP contribution < -0.4 is 5.73 Å². The molecule has 3 heteroatoms. The van der Waals surface area contributed by atoms with Crippen LogP contribution in [-0.4, -0.2) is 11.7 Å². The van der Waals surface area contributed by atoms with Crippen LogP contribution in [0.5, 0.6) is 0 Å². The lowest BCUT2D eigenvalue weighted by Gasteiger charge is -2.42. The number of furan rings is 1. The molecule has 1 aromatic rings. The number of hydrogen-bond acceptors (Lipinski definition) is 3. The van der Waals surface area contributed by atoms with Crippen LogP contribution in [0, 0.1) is 11.3 Å². The topological polar surface area (TPSA) is 59.4 Å². The SMILES string of the molecule is CCc1ccc(C(O)C2(CN)CCC(CC)CC2)o1. The molecule has 0 amide bonds. The van der Waals surface area contributed by atoms with E-state index in [1.165, 1.54) is 19.3 Å². The third-order valence-electron chi connectivity index (χ3n) is 4.97. The van der Waals surface area contributed by atoms with Gasteiger partial charge in [-0.2, -0.15) is 0 Å². The lowest BCUT2D eigenvalue weighted by molar-refractivity contribution is -0.0234. The quantitative estimate of drug-likeness (QED) is 0.857. The van der Waals surface area contributed by atoms with Crippen molar-refractivity contribution in [2.75, 3.05) is 6.54 Å². The molecule has 1 unspecified atom stereocenters. The molecular formula is C16H27NO2. The fourth-order valence-electron chi connectivity index (χ4n) is 3.28. The molecule has 0 bridgehead atoms. The van der Waals surface area contributed by atoms with Crippen LogP contribution in [0.25, 0.3) is 0 Å². The molecule has 1 aromatic heterocycles. The summed E-state index contributed by atoms with van der Waals surface area (Å²) in [6.45, 7) is 4.84. The van der Waals surface area contributed by atoms with Gasteiger partial charge in [-0.05, 0) is 43.7 Å². The molecule has 1 heterocycles. The van der Waals surface area contributed by atoms with Crippen LogP contribution in [0.4, 0.5) is 0 Å². The Morgan fingerprint density at radius 3 is 2.53 bits per heavy atom. The first-order valence-corrected chi connectivity index (χ1v) is 7.62. The molecule has 1 atom stereocenters. The molecule has 1 aliphatic carbocycles. The van der Waals surface area contributed by atoms with Crippen molar-refractivity contribution in [3.8, 4) is 0 Å². The van der Waals surface area contributed by atoms with Crippen LogP contribution in [0.3, 0.4) is 0 Å². The van der Waals surface area contributed by atoms with Crippen LogP contribution in [0.15, 0.2) is 16.5 Å². The van der Waals surface area contributed by atoms with E-state index in [0.717, 1.165) is 30.9 Å². The second-order valence-electron chi connectivity index (χ2n) is 5.98. The van der Waals surface area contributed by atoms with Gasteiger partial charge in [0.15, 0.2) is 0 Å². The van der Waals surface area contributed by atoms with E-state index in [9.17, 15) is 5.11 Å². The lowest BCUT2D eigenvalue weighted by Crippen LogP contribution is -2.40. The Hall–Kier alpha value is -0.800. The first-order chi connectivity index (χ1) is 9.15. The van der Waals surface area contributed by atoms with Gasteiger partial charge in [0.1, 0.15) is 17.6 Å². The molecule has 0 aromatic carbocycles. The molecule has 2 rings (SSSR count). The highest BCUT2D eigenvalue weighted by atomic mass is 16.4. The molecule has 1 fully saturated rings. The predicted octanol–water partition coefficient (Wildman–Crippen LogP) is 3.42. The van der Waals surface area contributed by atoms with Gasteiger partial charge in [0.25, 0.3) is 0 Å². The Balaban J connectivity index is 2.12. The highest BCUT2D eigenvalue weighted by Gasteiger charge is 2.41. The summed E-state index contributed by atoms with van der Waals surface area (Å²) in [5.41, 5.74) is 5.82. The Kier molecular flexibility index (Phi) is 4.69. The highest BCUT2D eigenvalue weighted by molar-refractivity contribution is 5.13. The Morgan fingerprint density at radius 1 is 1.37 bits per heavy atom. The van der Waals surface area contributed by atoms with Gasteiger partial charge in [-0.1, -0.05) is 20.3 Å². The van der Waals surface area contributed by atoms with E-state index >= 15 is 0 Å². The third kappa shape index (κ3) is 2.87. The van der Waals surface area contributed by atoms with E-state index in [-0.39, 0.29) is 5.41 Å². The number of hydrogen-bond donors (Lipinski definition) is 2. The maximum absolute atomic E-state index is 10.7. The summed E-state index contributed by atoms with van der Waals surface area (Å²) < 4.78 is 5.72. The predicted molar refractivity (Wildman–Crippen MR) is 76.8 cm³/mol. The van der Waals surface area contributed by atoms with Gasteiger partial charge in [-0.15, -0.1) is 0 Å². The average Bonchev–Trinajstić information content (AvgIpc) is 2.95. The maximum Gasteiger partial charge on any atom is 0.133 e. The first kappa shape index (κ1) is 14.6. The molecule has 1 saturated carbocycles. The fraction of sp³-hybridized carbons (Fsp3) is 0.750. The lowest BCUT2D eigenvalue weighted by atomic mass is 9.66. The number of nitrogens with two attached hydrogens (primary N) is 1. The number of aliphatic hydroxyl groups excluding tert-OH is 1. The summed E-state index contributed by atoms with van der Waals surface area (Å²) in [5, 5.41) is 10.7. The van der Waals surface area contributed by atoms with Crippen molar-refractivity contribution in [3.05, 3.63) is 23.7 Å². The molecular weight excluding hydrogens is 238 g/mol. The Bertz CT molecular complexity index is 391. The second kappa shape index (κ2) is 6.10. The monoisotopic (exact) mass is 265 g/mol. The molecule has 1 aliphatic rings. The van der Waals surface area contributed by atoms with Crippen molar-refractivity contribution in [1.82, 2.24) is 0 Å². The molecule has 0 spiro atoms. The summed E-state index contributed by atoms with van der Waals surface area (Å²) in [6, 6.07) is 3.87.